The molecule has 0 aliphatic carbocycles. The zero-order chi connectivity index (χ0) is 12.3. The van der Waals surface area contributed by atoms with Gasteiger partial charge in [0.15, 0.2) is 0 Å². The zero-order valence-corrected chi connectivity index (χ0v) is 10.9. The number of halogens is 2. The number of aromatic nitrogens is 1. The fraction of sp³-hybridized carbons (Fsp3) is 0.154. The molecule has 0 amide bonds. The van der Waals surface area contributed by atoms with E-state index in [-0.39, 0.29) is 11.9 Å². The van der Waals surface area contributed by atoms with Crippen LogP contribution < -0.4 is 5.32 Å². The van der Waals surface area contributed by atoms with Crippen molar-refractivity contribution in [3.63, 3.8) is 0 Å². The van der Waals surface area contributed by atoms with Crippen molar-refractivity contribution in [1.82, 2.24) is 4.98 Å². The van der Waals surface area contributed by atoms with Gasteiger partial charge in [0.25, 0.3) is 0 Å². The van der Waals surface area contributed by atoms with Crippen LogP contribution in [0.2, 0.25) is 0 Å². The van der Waals surface area contributed by atoms with Crippen LogP contribution in [-0.2, 0) is 0 Å². The zero-order valence-electron chi connectivity index (χ0n) is 9.32. The first-order chi connectivity index (χ1) is 8.16. The number of rotatable bonds is 3. The van der Waals surface area contributed by atoms with Gasteiger partial charge < -0.3 is 5.32 Å². The summed E-state index contributed by atoms with van der Waals surface area (Å²) in [6.07, 6.45) is 1.73. The molecule has 17 heavy (non-hydrogen) atoms. The molecule has 0 saturated heterocycles. The first kappa shape index (κ1) is 12.0. The van der Waals surface area contributed by atoms with Crippen LogP contribution in [0.3, 0.4) is 0 Å². The summed E-state index contributed by atoms with van der Waals surface area (Å²) in [5.41, 5.74) is 1.36. The van der Waals surface area contributed by atoms with Crippen LogP contribution in [0.1, 0.15) is 18.7 Å². The van der Waals surface area contributed by atoms with Crippen molar-refractivity contribution in [3.8, 4) is 0 Å². The van der Waals surface area contributed by atoms with Crippen LogP contribution >= 0.6 is 15.9 Å². The molecule has 1 atom stereocenters. The molecule has 1 aromatic heterocycles. The highest BCUT2D eigenvalue weighted by atomic mass is 79.9. The van der Waals surface area contributed by atoms with Gasteiger partial charge in [0.2, 0.25) is 0 Å². The van der Waals surface area contributed by atoms with Gasteiger partial charge in [0.1, 0.15) is 5.82 Å². The molecule has 2 aromatic rings. The van der Waals surface area contributed by atoms with Gasteiger partial charge >= 0.3 is 0 Å². The molecule has 2 rings (SSSR count). The molecule has 4 heteroatoms. The Hall–Kier alpha value is -1.42. The van der Waals surface area contributed by atoms with Crippen LogP contribution in [-0.4, -0.2) is 4.98 Å². The van der Waals surface area contributed by atoms with Crippen LogP contribution in [0.5, 0.6) is 0 Å². The second-order valence-electron chi connectivity index (χ2n) is 3.74. The summed E-state index contributed by atoms with van der Waals surface area (Å²) < 4.78 is 14.3. The Morgan fingerprint density at radius 3 is 2.76 bits per heavy atom. The molecular formula is C13H12BrFN2. The van der Waals surface area contributed by atoms with Crippen LogP contribution in [0.25, 0.3) is 0 Å². The summed E-state index contributed by atoms with van der Waals surface area (Å²) in [6, 6.07) is 10.6. The standard InChI is InChI=1S/C13H12BrFN2/c1-9(12-4-2-3-7-16-12)17-13-6-5-10(14)8-11(13)15/h2-9,17H,1H3. The van der Waals surface area contributed by atoms with E-state index in [1.165, 1.54) is 6.07 Å². The third-order valence-corrected chi connectivity index (χ3v) is 2.93. The summed E-state index contributed by atoms with van der Waals surface area (Å²) in [7, 11) is 0. The molecule has 0 saturated carbocycles. The van der Waals surface area contributed by atoms with Crippen LogP contribution in [0, 0.1) is 5.82 Å². The van der Waals surface area contributed by atoms with Gasteiger partial charge in [0.05, 0.1) is 17.4 Å². The first-order valence-electron chi connectivity index (χ1n) is 5.29. The van der Waals surface area contributed by atoms with E-state index in [0.717, 1.165) is 10.2 Å². The van der Waals surface area contributed by atoms with Gasteiger partial charge in [-0.3, -0.25) is 4.98 Å². The Kier molecular flexibility index (Phi) is 3.74. The lowest BCUT2D eigenvalue weighted by molar-refractivity contribution is 0.626. The van der Waals surface area contributed by atoms with Crippen molar-refractivity contribution in [3.05, 3.63) is 58.6 Å². The molecule has 1 heterocycles. The maximum absolute atomic E-state index is 13.6. The highest BCUT2D eigenvalue weighted by Crippen LogP contribution is 2.23. The molecule has 0 aliphatic rings. The summed E-state index contributed by atoms with van der Waals surface area (Å²) in [5, 5.41) is 3.10. The van der Waals surface area contributed by atoms with Crippen molar-refractivity contribution in [2.24, 2.45) is 0 Å². The summed E-state index contributed by atoms with van der Waals surface area (Å²) in [5.74, 6) is -0.276. The number of nitrogens with zero attached hydrogens (tertiary/aromatic N) is 1. The average Bonchev–Trinajstić information content (AvgIpc) is 2.34. The number of hydrogen-bond donors (Lipinski definition) is 1. The van der Waals surface area contributed by atoms with E-state index in [4.69, 9.17) is 0 Å². The molecule has 0 spiro atoms. The van der Waals surface area contributed by atoms with Crippen molar-refractivity contribution >= 4 is 21.6 Å². The third kappa shape index (κ3) is 3.03. The normalized spacial score (nSPS) is 12.2. The summed E-state index contributed by atoms with van der Waals surface area (Å²) in [4.78, 5) is 4.23. The molecule has 0 fully saturated rings. The largest absolute Gasteiger partial charge is 0.375 e. The minimum Gasteiger partial charge on any atom is -0.375 e. The number of pyridine rings is 1. The third-order valence-electron chi connectivity index (χ3n) is 2.43. The Bertz CT molecular complexity index is 502. The lowest BCUT2D eigenvalue weighted by atomic mass is 10.2. The van der Waals surface area contributed by atoms with Gasteiger partial charge in [0, 0.05) is 10.7 Å². The Morgan fingerprint density at radius 2 is 2.12 bits per heavy atom. The van der Waals surface area contributed by atoms with E-state index >= 15 is 0 Å². The predicted octanol–water partition coefficient (Wildman–Crippen LogP) is 4.16. The first-order valence-corrected chi connectivity index (χ1v) is 6.08. The molecule has 1 unspecified atom stereocenters. The molecule has 0 bridgehead atoms. The second-order valence-corrected chi connectivity index (χ2v) is 4.66. The SMILES string of the molecule is CC(Nc1ccc(Br)cc1F)c1ccccn1. The van der Waals surface area contributed by atoms with E-state index in [2.05, 4.69) is 26.2 Å². The van der Waals surface area contributed by atoms with Gasteiger partial charge in [-0.2, -0.15) is 0 Å². The molecule has 1 N–H and O–H groups in total. The van der Waals surface area contributed by atoms with Crippen LogP contribution in [0.15, 0.2) is 47.1 Å². The minimum absolute atomic E-state index is 0.0353. The van der Waals surface area contributed by atoms with Gasteiger partial charge in [-0.05, 0) is 37.3 Å². The highest BCUT2D eigenvalue weighted by Gasteiger charge is 2.09. The topological polar surface area (TPSA) is 24.9 Å². The van der Waals surface area contributed by atoms with Crippen molar-refractivity contribution in [2.45, 2.75) is 13.0 Å². The molecule has 0 radical (unpaired) electrons. The van der Waals surface area contributed by atoms with E-state index in [1.54, 1.807) is 18.3 Å². The lowest BCUT2D eigenvalue weighted by Crippen LogP contribution is -2.09. The van der Waals surface area contributed by atoms with Gasteiger partial charge in [-0.25, -0.2) is 4.39 Å². The van der Waals surface area contributed by atoms with Crippen molar-refractivity contribution in [1.29, 1.82) is 0 Å². The molecule has 0 aliphatic heterocycles. The number of hydrogen-bond acceptors (Lipinski definition) is 2. The molecule has 88 valence electrons. The van der Waals surface area contributed by atoms with E-state index in [1.807, 2.05) is 25.1 Å². The minimum atomic E-state index is -0.276. The van der Waals surface area contributed by atoms with Crippen LogP contribution in [0.4, 0.5) is 10.1 Å². The monoisotopic (exact) mass is 294 g/mol. The van der Waals surface area contributed by atoms with E-state index < -0.39 is 0 Å². The maximum Gasteiger partial charge on any atom is 0.147 e. The second kappa shape index (κ2) is 5.27. The maximum atomic E-state index is 13.6. The predicted molar refractivity (Wildman–Crippen MR) is 70.4 cm³/mol. The van der Waals surface area contributed by atoms with Gasteiger partial charge in [-0.1, -0.05) is 22.0 Å². The van der Waals surface area contributed by atoms with E-state index in [0.29, 0.717) is 5.69 Å². The van der Waals surface area contributed by atoms with Gasteiger partial charge in [-0.15, -0.1) is 0 Å². The quantitative estimate of drug-likeness (QED) is 0.919. The van der Waals surface area contributed by atoms with Crippen molar-refractivity contribution in [2.75, 3.05) is 5.32 Å². The average molecular weight is 295 g/mol. The molecule has 1 aromatic carbocycles. The van der Waals surface area contributed by atoms with E-state index in [9.17, 15) is 4.39 Å². The Morgan fingerprint density at radius 1 is 1.29 bits per heavy atom. The van der Waals surface area contributed by atoms with Crippen molar-refractivity contribution < 1.29 is 4.39 Å². The molecule has 2 nitrogen and oxygen atoms in total. The number of benzene rings is 1. The summed E-state index contributed by atoms with van der Waals surface area (Å²) in [6.45, 7) is 1.95. The highest BCUT2D eigenvalue weighted by molar-refractivity contribution is 9.10. The fourth-order valence-corrected chi connectivity index (χ4v) is 1.88. The number of nitrogens with one attached hydrogen (secondary N) is 1. The Balaban J connectivity index is 2.16. The molecular weight excluding hydrogens is 283 g/mol. The summed E-state index contributed by atoms with van der Waals surface area (Å²) >= 11 is 3.23. The number of anilines is 1. The lowest BCUT2D eigenvalue weighted by Gasteiger charge is -2.15. The smallest absolute Gasteiger partial charge is 0.147 e. The fourth-order valence-electron chi connectivity index (χ4n) is 1.55. The Labute approximate surface area is 108 Å².